The molecule has 132 valence electrons. The van der Waals surface area contributed by atoms with Gasteiger partial charge in [-0.2, -0.15) is 0 Å². The lowest BCUT2D eigenvalue weighted by Gasteiger charge is -2.13. The molecule has 2 aromatic rings. The number of hydrogen-bond donors (Lipinski definition) is 1. The van der Waals surface area contributed by atoms with Gasteiger partial charge in [-0.05, 0) is 51.0 Å². The largest absolute Gasteiger partial charge is 0.448 e. The highest BCUT2D eigenvalue weighted by Crippen LogP contribution is 2.23. The Kier molecular flexibility index (Phi) is 6.09. The van der Waals surface area contributed by atoms with Crippen LogP contribution in [0, 0.1) is 6.92 Å². The molecule has 1 atom stereocenters. The highest BCUT2D eigenvalue weighted by atomic mass is 32.1. The van der Waals surface area contributed by atoms with Gasteiger partial charge in [0, 0.05) is 16.1 Å². The zero-order valence-electron chi connectivity index (χ0n) is 14.7. The van der Waals surface area contributed by atoms with Crippen LogP contribution in [0.2, 0.25) is 0 Å². The van der Waals surface area contributed by atoms with Crippen molar-refractivity contribution >= 4 is 34.7 Å². The van der Waals surface area contributed by atoms with E-state index in [0.29, 0.717) is 16.1 Å². The number of nitrogens with one attached hydrogen (secondary N) is 1. The zero-order valence-corrected chi connectivity index (χ0v) is 15.5. The van der Waals surface area contributed by atoms with Gasteiger partial charge >= 0.3 is 5.97 Å². The number of amides is 1. The van der Waals surface area contributed by atoms with Gasteiger partial charge in [-0.15, -0.1) is 11.3 Å². The van der Waals surface area contributed by atoms with Crippen LogP contribution in [0.3, 0.4) is 0 Å². The number of ether oxygens (including phenoxy) is 1. The summed E-state index contributed by atoms with van der Waals surface area (Å²) in [6.07, 6.45) is -0.0982. The van der Waals surface area contributed by atoms with E-state index in [4.69, 9.17) is 4.74 Å². The van der Waals surface area contributed by atoms with Gasteiger partial charge in [0.15, 0.2) is 11.9 Å². The fourth-order valence-corrected chi connectivity index (χ4v) is 3.30. The topological polar surface area (TPSA) is 72.5 Å². The number of Topliss-reactive ketones (excluding diaryl/α,β-unsaturated/α-hetero) is 1. The summed E-state index contributed by atoms with van der Waals surface area (Å²) in [5.41, 5.74) is 2.10. The molecule has 0 spiro atoms. The first-order chi connectivity index (χ1) is 11.8. The predicted molar refractivity (Wildman–Crippen MR) is 98.4 cm³/mol. The molecule has 0 unspecified atom stereocenters. The fraction of sp³-hybridized carbons (Fsp3) is 0.316. The maximum Gasteiger partial charge on any atom is 0.349 e. The first-order valence-electron chi connectivity index (χ1n) is 8.04. The van der Waals surface area contributed by atoms with Crippen molar-refractivity contribution < 1.29 is 19.1 Å². The summed E-state index contributed by atoms with van der Waals surface area (Å²) in [4.78, 5) is 37.4. The zero-order chi connectivity index (χ0) is 18.6. The van der Waals surface area contributed by atoms with Crippen LogP contribution in [0.4, 0.5) is 5.69 Å². The van der Waals surface area contributed by atoms with Crippen molar-refractivity contribution in [1.29, 1.82) is 0 Å². The van der Waals surface area contributed by atoms with Crippen LogP contribution >= 0.6 is 11.3 Å². The number of anilines is 1. The van der Waals surface area contributed by atoms with Crippen molar-refractivity contribution in [3.63, 3.8) is 0 Å². The molecule has 0 bridgehead atoms. The van der Waals surface area contributed by atoms with Crippen molar-refractivity contribution in [3.8, 4) is 0 Å². The number of thiophene rings is 1. The normalized spacial score (nSPS) is 11.7. The second-order valence-electron chi connectivity index (χ2n) is 5.72. The van der Waals surface area contributed by atoms with E-state index < -0.39 is 18.0 Å². The smallest absolute Gasteiger partial charge is 0.349 e. The van der Waals surface area contributed by atoms with E-state index >= 15 is 0 Å². The summed E-state index contributed by atoms with van der Waals surface area (Å²) in [7, 11) is 0. The maximum atomic E-state index is 12.2. The summed E-state index contributed by atoms with van der Waals surface area (Å²) in [5.74, 6) is -1.04. The predicted octanol–water partition coefficient (Wildman–Crippen LogP) is 4.01. The van der Waals surface area contributed by atoms with E-state index in [-0.39, 0.29) is 5.78 Å². The Morgan fingerprint density at radius 2 is 1.96 bits per heavy atom. The minimum absolute atomic E-state index is 0.0876. The van der Waals surface area contributed by atoms with E-state index in [1.54, 1.807) is 24.3 Å². The van der Waals surface area contributed by atoms with Gasteiger partial charge in [0.1, 0.15) is 4.88 Å². The molecule has 0 radical (unpaired) electrons. The molecule has 2 rings (SSSR count). The molecular formula is C19H21NO4S. The molecule has 5 nitrogen and oxygen atoms in total. The minimum atomic E-state index is -0.944. The SMILES string of the molecule is CCc1cc(C(=O)O[C@H](C)C(=O)Nc2cccc(C(C)=O)c2)sc1C. The Bertz CT molecular complexity index is 810. The van der Waals surface area contributed by atoms with Crippen LogP contribution in [0.25, 0.3) is 0 Å². The van der Waals surface area contributed by atoms with Crippen LogP contribution in [0.15, 0.2) is 30.3 Å². The van der Waals surface area contributed by atoms with Gasteiger partial charge in [0.2, 0.25) is 0 Å². The molecule has 0 aliphatic heterocycles. The molecule has 1 heterocycles. The third kappa shape index (κ3) is 4.76. The lowest BCUT2D eigenvalue weighted by Crippen LogP contribution is -2.29. The summed E-state index contributed by atoms with van der Waals surface area (Å²) >= 11 is 1.37. The number of esters is 1. The molecule has 0 saturated carbocycles. The first kappa shape index (κ1) is 18.9. The van der Waals surface area contributed by atoms with Gasteiger partial charge in [-0.1, -0.05) is 19.1 Å². The van der Waals surface area contributed by atoms with E-state index in [1.165, 1.54) is 25.2 Å². The Balaban J connectivity index is 2.01. The highest BCUT2D eigenvalue weighted by Gasteiger charge is 2.21. The van der Waals surface area contributed by atoms with E-state index in [9.17, 15) is 14.4 Å². The van der Waals surface area contributed by atoms with Crippen LogP contribution in [-0.2, 0) is 16.0 Å². The van der Waals surface area contributed by atoms with Crippen molar-refractivity contribution in [2.45, 2.75) is 40.2 Å². The average molecular weight is 359 g/mol. The van der Waals surface area contributed by atoms with Crippen molar-refractivity contribution in [2.75, 3.05) is 5.32 Å². The summed E-state index contributed by atoms with van der Waals surface area (Å²) in [5, 5.41) is 2.66. The van der Waals surface area contributed by atoms with Crippen LogP contribution in [0.1, 0.15) is 51.2 Å². The molecular weight excluding hydrogens is 338 g/mol. The van der Waals surface area contributed by atoms with Crippen molar-refractivity contribution in [2.24, 2.45) is 0 Å². The Morgan fingerprint density at radius 1 is 1.24 bits per heavy atom. The number of ketones is 1. The highest BCUT2D eigenvalue weighted by molar-refractivity contribution is 7.14. The fourth-order valence-electron chi connectivity index (χ4n) is 2.30. The van der Waals surface area contributed by atoms with Gasteiger partial charge in [0.25, 0.3) is 5.91 Å². The van der Waals surface area contributed by atoms with Crippen LogP contribution in [0.5, 0.6) is 0 Å². The molecule has 0 fully saturated rings. The van der Waals surface area contributed by atoms with Crippen molar-refractivity contribution in [1.82, 2.24) is 0 Å². The lowest BCUT2D eigenvalue weighted by atomic mass is 10.1. The lowest BCUT2D eigenvalue weighted by molar-refractivity contribution is -0.123. The van der Waals surface area contributed by atoms with Crippen LogP contribution < -0.4 is 5.32 Å². The average Bonchev–Trinajstić information content (AvgIpc) is 2.96. The van der Waals surface area contributed by atoms with E-state index in [2.05, 4.69) is 5.32 Å². The number of aryl methyl sites for hydroxylation is 2. The molecule has 6 heteroatoms. The van der Waals surface area contributed by atoms with Gasteiger partial charge in [-0.25, -0.2) is 4.79 Å². The maximum absolute atomic E-state index is 12.2. The van der Waals surface area contributed by atoms with Gasteiger partial charge in [0.05, 0.1) is 0 Å². The molecule has 25 heavy (non-hydrogen) atoms. The summed E-state index contributed by atoms with van der Waals surface area (Å²) in [6, 6.07) is 8.43. The number of carbonyl (C=O) groups excluding carboxylic acids is 3. The van der Waals surface area contributed by atoms with E-state index in [1.807, 2.05) is 19.9 Å². The molecule has 1 N–H and O–H groups in total. The monoisotopic (exact) mass is 359 g/mol. The standard InChI is InChI=1S/C19H21NO4S/c1-5-14-10-17(25-13(14)4)19(23)24-12(3)18(22)20-16-8-6-7-15(9-16)11(2)21/h6-10,12H,5H2,1-4H3,(H,20,22)/t12-/m1/s1. The number of rotatable bonds is 6. The second kappa shape index (κ2) is 8.07. The molecule has 1 amide bonds. The summed E-state index contributed by atoms with van der Waals surface area (Å²) < 4.78 is 5.25. The van der Waals surface area contributed by atoms with Crippen molar-refractivity contribution in [3.05, 3.63) is 51.2 Å². The summed E-state index contributed by atoms with van der Waals surface area (Å²) in [6.45, 7) is 6.95. The third-order valence-electron chi connectivity index (χ3n) is 3.79. The van der Waals surface area contributed by atoms with Crippen LogP contribution in [-0.4, -0.2) is 23.8 Å². The molecule has 1 aromatic carbocycles. The minimum Gasteiger partial charge on any atom is -0.448 e. The Hall–Kier alpha value is -2.47. The molecule has 0 saturated heterocycles. The number of hydrogen-bond acceptors (Lipinski definition) is 5. The van der Waals surface area contributed by atoms with E-state index in [0.717, 1.165) is 16.9 Å². The number of carbonyl (C=O) groups is 3. The number of benzene rings is 1. The second-order valence-corrected chi connectivity index (χ2v) is 6.98. The Morgan fingerprint density at radius 3 is 2.56 bits per heavy atom. The third-order valence-corrected chi connectivity index (χ3v) is 4.87. The van der Waals surface area contributed by atoms with Gasteiger partial charge in [-0.3, -0.25) is 9.59 Å². The molecule has 0 aliphatic carbocycles. The Labute approximate surface area is 151 Å². The molecule has 0 aliphatic rings. The quantitative estimate of drug-likeness (QED) is 0.625. The van der Waals surface area contributed by atoms with Gasteiger partial charge < -0.3 is 10.1 Å². The molecule has 1 aromatic heterocycles. The first-order valence-corrected chi connectivity index (χ1v) is 8.85.